The maximum Gasteiger partial charge on any atom is 0.218 e. The number of rotatable bonds is 2. The third-order valence-corrected chi connectivity index (χ3v) is 4.05. The van der Waals surface area contributed by atoms with Gasteiger partial charge in [-0.2, -0.15) is 0 Å². The van der Waals surface area contributed by atoms with Crippen molar-refractivity contribution in [1.82, 2.24) is 4.98 Å². The second kappa shape index (κ2) is 5.29. The van der Waals surface area contributed by atoms with Crippen LogP contribution in [0.1, 0.15) is 31.2 Å². The van der Waals surface area contributed by atoms with Gasteiger partial charge in [-0.1, -0.05) is 6.07 Å². The van der Waals surface area contributed by atoms with Crippen LogP contribution in [0.2, 0.25) is 0 Å². The Morgan fingerprint density at radius 1 is 1.25 bits per heavy atom. The fourth-order valence-electron chi connectivity index (χ4n) is 2.90. The fraction of sp³-hybridized carbons (Fsp3) is 0.438. The van der Waals surface area contributed by atoms with E-state index < -0.39 is 0 Å². The lowest BCUT2D eigenvalue weighted by Gasteiger charge is -2.27. The summed E-state index contributed by atoms with van der Waals surface area (Å²) >= 11 is 0. The summed E-state index contributed by atoms with van der Waals surface area (Å²) in [6.45, 7) is 1.98. The minimum Gasteiger partial charge on any atom is -0.493 e. The van der Waals surface area contributed by atoms with Gasteiger partial charge in [0.15, 0.2) is 0 Å². The largest absolute Gasteiger partial charge is 0.493 e. The summed E-state index contributed by atoms with van der Waals surface area (Å²) in [6.07, 6.45) is 5.92. The van der Waals surface area contributed by atoms with Gasteiger partial charge in [0, 0.05) is 23.0 Å². The van der Waals surface area contributed by atoms with E-state index in [-0.39, 0.29) is 12.0 Å². The van der Waals surface area contributed by atoms with E-state index in [2.05, 4.69) is 4.98 Å². The monoisotopic (exact) mass is 272 g/mol. The molecule has 1 saturated carbocycles. The Kier molecular flexibility index (Phi) is 3.49. The molecule has 1 aliphatic carbocycles. The van der Waals surface area contributed by atoms with E-state index >= 15 is 0 Å². The van der Waals surface area contributed by atoms with E-state index in [1.54, 1.807) is 6.20 Å². The number of nitrogens with zero attached hydrogens (tertiary/aromatic N) is 1. The van der Waals surface area contributed by atoms with Gasteiger partial charge in [0.25, 0.3) is 0 Å². The standard InChI is InChI=1S/C16H20N2O2/c1-10-9-18-16(19)13-3-2-4-14(15(10)13)20-12-7-5-11(17)6-8-12/h2-4,9,11-12H,5-8,17H2,1H3,(H,18,19)/t11-,12-. The normalized spacial score (nSPS) is 22.9. The van der Waals surface area contributed by atoms with Gasteiger partial charge in [-0.15, -0.1) is 0 Å². The second-order valence-corrected chi connectivity index (χ2v) is 5.60. The van der Waals surface area contributed by atoms with Crippen LogP contribution >= 0.6 is 0 Å². The molecule has 106 valence electrons. The van der Waals surface area contributed by atoms with Crippen molar-refractivity contribution in [3.05, 3.63) is 30.0 Å². The van der Waals surface area contributed by atoms with Crippen molar-refractivity contribution in [3.8, 4) is 11.6 Å². The summed E-state index contributed by atoms with van der Waals surface area (Å²) < 4.78 is 6.16. The molecule has 0 unspecified atom stereocenters. The number of benzene rings is 1. The van der Waals surface area contributed by atoms with Crippen molar-refractivity contribution in [2.24, 2.45) is 5.73 Å². The second-order valence-electron chi connectivity index (χ2n) is 5.60. The van der Waals surface area contributed by atoms with Gasteiger partial charge in [-0.05, 0) is 50.3 Å². The topological polar surface area (TPSA) is 68.4 Å². The number of aromatic nitrogens is 1. The number of aryl methyl sites for hydroxylation is 1. The van der Waals surface area contributed by atoms with Crippen LogP contribution in [0.4, 0.5) is 0 Å². The lowest BCUT2D eigenvalue weighted by Crippen LogP contribution is -2.31. The number of hydrogen-bond acceptors (Lipinski definition) is 4. The van der Waals surface area contributed by atoms with Gasteiger partial charge < -0.3 is 15.6 Å². The molecule has 0 atom stereocenters. The molecule has 2 aromatic rings. The van der Waals surface area contributed by atoms with Crippen molar-refractivity contribution in [3.63, 3.8) is 0 Å². The van der Waals surface area contributed by atoms with Crippen LogP contribution < -0.4 is 10.5 Å². The average molecular weight is 272 g/mol. The SMILES string of the molecule is Cc1cnc(O)c2cccc(O[C@H]3CC[C@H](N)CC3)c12. The summed E-state index contributed by atoms with van der Waals surface area (Å²) in [7, 11) is 0. The highest BCUT2D eigenvalue weighted by Gasteiger charge is 2.21. The van der Waals surface area contributed by atoms with Gasteiger partial charge >= 0.3 is 0 Å². The van der Waals surface area contributed by atoms with Gasteiger partial charge in [0.1, 0.15) is 5.75 Å². The lowest BCUT2D eigenvalue weighted by molar-refractivity contribution is 0.149. The first-order valence-corrected chi connectivity index (χ1v) is 7.14. The van der Waals surface area contributed by atoms with Crippen molar-refractivity contribution in [1.29, 1.82) is 0 Å². The molecule has 0 radical (unpaired) electrons. The number of hydrogen-bond donors (Lipinski definition) is 2. The lowest BCUT2D eigenvalue weighted by atomic mass is 9.93. The third kappa shape index (κ3) is 2.43. The first kappa shape index (κ1) is 13.2. The zero-order chi connectivity index (χ0) is 14.1. The molecule has 3 N–H and O–H groups in total. The highest BCUT2D eigenvalue weighted by molar-refractivity contribution is 5.94. The van der Waals surface area contributed by atoms with E-state index in [0.29, 0.717) is 6.04 Å². The van der Waals surface area contributed by atoms with Crippen LogP contribution in [0.5, 0.6) is 11.6 Å². The summed E-state index contributed by atoms with van der Waals surface area (Å²) in [5.41, 5.74) is 6.94. The number of fused-ring (bicyclic) bond motifs is 1. The first-order chi connectivity index (χ1) is 9.65. The van der Waals surface area contributed by atoms with Crippen LogP contribution in [0.15, 0.2) is 24.4 Å². The Labute approximate surface area is 118 Å². The number of ether oxygens (including phenoxy) is 1. The van der Waals surface area contributed by atoms with Gasteiger partial charge in [-0.3, -0.25) is 0 Å². The summed E-state index contributed by atoms with van der Waals surface area (Å²) in [6, 6.07) is 6.04. The summed E-state index contributed by atoms with van der Waals surface area (Å²) in [5.74, 6) is 0.889. The van der Waals surface area contributed by atoms with Crippen molar-refractivity contribution in [2.45, 2.75) is 44.8 Å². The Morgan fingerprint density at radius 3 is 2.75 bits per heavy atom. The van der Waals surface area contributed by atoms with Crippen molar-refractivity contribution in [2.75, 3.05) is 0 Å². The number of nitrogens with two attached hydrogens (primary N) is 1. The van der Waals surface area contributed by atoms with Crippen LogP contribution in [0.3, 0.4) is 0 Å². The van der Waals surface area contributed by atoms with E-state index in [1.165, 1.54) is 0 Å². The maximum atomic E-state index is 9.88. The van der Waals surface area contributed by atoms with Crippen LogP contribution in [0.25, 0.3) is 10.8 Å². The molecule has 0 amide bonds. The molecule has 1 aromatic carbocycles. The highest BCUT2D eigenvalue weighted by atomic mass is 16.5. The molecule has 3 rings (SSSR count). The molecule has 1 fully saturated rings. The molecule has 0 spiro atoms. The minimum atomic E-state index is 0.0571. The Balaban J connectivity index is 1.94. The molecule has 1 aromatic heterocycles. The van der Waals surface area contributed by atoms with Crippen LogP contribution in [-0.2, 0) is 0 Å². The fourth-order valence-corrected chi connectivity index (χ4v) is 2.90. The van der Waals surface area contributed by atoms with E-state index in [1.807, 2.05) is 25.1 Å². The predicted octanol–water partition coefficient (Wildman–Crippen LogP) is 2.90. The highest BCUT2D eigenvalue weighted by Crippen LogP contribution is 2.34. The quantitative estimate of drug-likeness (QED) is 0.882. The first-order valence-electron chi connectivity index (χ1n) is 7.14. The number of pyridine rings is 1. The number of aromatic hydroxyl groups is 1. The van der Waals surface area contributed by atoms with Crippen molar-refractivity contribution < 1.29 is 9.84 Å². The Bertz CT molecular complexity index is 619. The summed E-state index contributed by atoms with van der Waals surface area (Å²) in [5, 5.41) is 11.6. The maximum absolute atomic E-state index is 9.88. The predicted molar refractivity (Wildman–Crippen MR) is 79.0 cm³/mol. The molecule has 1 aliphatic rings. The minimum absolute atomic E-state index is 0.0571. The zero-order valence-electron chi connectivity index (χ0n) is 11.7. The zero-order valence-corrected chi connectivity index (χ0v) is 11.7. The summed E-state index contributed by atoms with van der Waals surface area (Å²) in [4.78, 5) is 3.99. The van der Waals surface area contributed by atoms with Gasteiger partial charge in [-0.25, -0.2) is 4.98 Å². The smallest absolute Gasteiger partial charge is 0.218 e. The van der Waals surface area contributed by atoms with Gasteiger partial charge in [0.2, 0.25) is 5.88 Å². The average Bonchev–Trinajstić information content (AvgIpc) is 2.46. The molecule has 20 heavy (non-hydrogen) atoms. The van der Waals surface area contributed by atoms with E-state index in [4.69, 9.17) is 10.5 Å². The Morgan fingerprint density at radius 2 is 2.00 bits per heavy atom. The van der Waals surface area contributed by atoms with E-state index in [9.17, 15) is 5.11 Å². The molecule has 0 bridgehead atoms. The molecule has 0 aliphatic heterocycles. The Hall–Kier alpha value is -1.81. The van der Waals surface area contributed by atoms with Crippen LogP contribution in [-0.4, -0.2) is 22.2 Å². The van der Waals surface area contributed by atoms with Gasteiger partial charge in [0.05, 0.1) is 6.10 Å². The molecule has 1 heterocycles. The van der Waals surface area contributed by atoms with Crippen molar-refractivity contribution >= 4 is 10.8 Å². The van der Waals surface area contributed by atoms with E-state index in [0.717, 1.165) is 47.8 Å². The molecule has 0 saturated heterocycles. The third-order valence-electron chi connectivity index (χ3n) is 4.05. The van der Waals surface area contributed by atoms with Crippen LogP contribution in [0, 0.1) is 6.92 Å². The molecule has 4 nitrogen and oxygen atoms in total. The molecular formula is C16H20N2O2. The molecule has 4 heteroatoms. The molecular weight excluding hydrogens is 252 g/mol.